The van der Waals surface area contributed by atoms with Gasteiger partial charge >= 0.3 is 11.9 Å². The van der Waals surface area contributed by atoms with Crippen molar-refractivity contribution in [1.82, 2.24) is 0 Å². The highest BCUT2D eigenvalue weighted by molar-refractivity contribution is 5.93. The van der Waals surface area contributed by atoms with Crippen molar-refractivity contribution in [2.45, 2.75) is 33.8 Å². The molecule has 0 aliphatic heterocycles. The van der Waals surface area contributed by atoms with E-state index in [1.165, 1.54) is 6.08 Å². The Labute approximate surface area is 106 Å². The number of carboxylic acids is 1. The molecule has 0 spiro atoms. The average molecular weight is 251 g/mol. The van der Waals surface area contributed by atoms with E-state index in [0.29, 0.717) is 0 Å². The van der Waals surface area contributed by atoms with E-state index in [1.807, 2.05) is 0 Å². The van der Waals surface area contributed by atoms with Gasteiger partial charge in [-0.1, -0.05) is 19.9 Å². The van der Waals surface area contributed by atoms with Crippen LogP contribution in [0.15, 0.2) is 11.6 Å². The second-order valence-corrected chi connectivity index (χ2v) is 5.31. The molecule has 0 aromatic rings. The SMILES string of the molecule is CC(C)OC(=O)/C(C#N)=C/[C@@H]1[C@@H](C(=O)O)C1(C)C. The number of rotatable bonds is 4. The number of carbonyl (C=O) groups is 2. The van der Waals surface area contributed by atoms with Crippen molar-refractivity contribution in [3.63, 3.8) is 0 Å². The minimum Gasteiger partial charge on any atom is -0.481 e. The van der Waals surface area contributed by atoms with Gasteiger partial charge in [-0.25, -0.2) is 4.79 Å². The quantitative estimate of drug-likeness (QED) is 0.467. The molecule has 0 heterocycles. The summed E-state index contributed by atoms with van der Waals surface area (Å²) in [5.41, 5.74) is -0.544. The third-order valence-corrected chi connectivity index (χ3v) is 3.21. The van der Waals surface area contributed by atoms with Gasteiger partial charge in [0.1, 0.15) is 11.6 Å². The summed E-state index contributed by atoms with van der Waals surface area (Å²) in [4.78, 5) is 22.6. The molecule has 0 unspecified atom stereocenters. The number of allylic oxidation sites excluding steroid dienone is 1. The topological polar surface area (TPSA) is 87.4 Å². The molecule has 0 aromatic carbocycles. The van der Waals surface area contributed by atoms with E-state index < -0.39 is 23.3 Å². The van der Waals surface area contributed by atoms with Crippen molar-refractivity contribution in [3.8, 4) is 6.07 Å². The van der Waals surface area contributed by atoms with Gasteiger partial charge in [0.2, 0.25) is 0 Å². The fourth-order valence-electron chi connectivity index (χ4n) is 2.07. The van der Waals surface area contributed by atoms with Crippen molar-refractivity contribution in [2.24, 2.45) is 17.3 Å². The Balaban J connectivity index is 2.86. The van der Waals surface area contributed by atoms with Crippen molar-refractivity contribution >= 4 is 11.9 Å². The largest absolute Gasteiger partial charge is 0.481 e. The predicted molar refractivity (Wildman–Crippen MR) is 63.3 cm³/mol. The minimum absolute atomic E-state index is 0.120. The predicted octanol–water partition coefficient (Wildman–Crippen LogP) is 1.74. The molecule has 1 fully saturated rings. The number of nitriles is 1. The second-order valence-electron chi connectivity index (χ2n) is 5.31. The van der Waals surface area contributed by atoms with Crippen LogP contribution >= 0.6 is 0 Å². The molecular weight excluding hydrogens is 234 g/mol. The number of hydrogen-bond donors (Lipinski definition) is 1. The lowest BCUT2D eigenvalue weighted by atomic mass is 10.1. The molecule has 0 amide bonds. The van der Waals surface area contributed by atoms with E-state index in [1.54, 1.807) is 33.8 Å². The molecule has 0 saturated heterocycles. The van der Waals surface area contributed by atoms with Crippen LogP contribution in [0.1, 0.15) is 27.7 Å². The molecule has 0 bridgehead atoms. The summed E-state index contributed by atoms with van der Waals surface area (Å²) in [7, 11) is 0. The first-order chi connectivity index (χ1) is 8.21. The molecular formula is C13H17NO4. The summed E-state index contributed by atoms with van der Waals surface area (Å²) >= 11 is 0. The number of carboxylic acid groups (broad SMARTS) is 1. The molecule has 5 nitrogen and oxygen atoms in total. The number of aliphatic carboxylic acids is 1. The molecule has 18 heavy (non-hydrogen) atoms. The first-order valence-electron chi connectivity index (χ1n) is 5.77. The Morgan fingerprint density at radius 1 is 1.44 bits per heavy atom. The number of carbonyl (C=O) groups excluding carboxylic acids is 1. The third kappa shape index (κ3) is 2.70. The number of hydrogen-bond acceptors (Lipinski definition) is 4. The fraction of sp³-hybridized carbons (Fsp3) is 0.615. The first kappa shape index (κ1) is 14.2. The Hall–Kier alpha value is -1.83. The standard InChI is InChI=1S/C13H17NO4/c1-7(2)18-12(17)8(6-14)5-9-10(11(15)16)13(9,3)4/h5,7,9-10H,1-4H3,(H,15,16)/b8-5+/t9-,10+/m1/s1. The molecule has 1 aliphatic carbocycles. The molecule has 98 valence electrons. The molecule has 1 rings (SSSR count). The highest BCUT2D eigenvalue weighted by Gasteiger charge is 2.61. The minimum atomic E-state index is -0.907. The maximum absolute atomic E-state index is 11.6. The number of nitrogens with zero attached hydrogens (tertiary/aromatic N) is 1. The summed E-state index contributed by atoms with van der Waals surface area (Å²) in [5, 5.41) is 17.9. The fourth-order valence-corrected chi connectivity index (χ4v) is 2.07. The summed E-state index contributed by atoms with van der Waals surface area (Å²) in [6, 6.07) is 1.77. The maximum Gasteiger partial charge on any atom is 0.348 e. The van der Waals surface area contributed by atoms with Gasteiger partial charge in [-0.05, 0) is 25.2 Å². The first-order valence-corrected chi connectivity index (χ1v) is 5.77. The molecule has 0 aromatic heterocycles. The van der Waals surface area contributed by atoms with Gasteiger partial charge < -0.3 is 9.84 Å². The summed E-state index contributed by atoms with van der Waals surface area (Å²) in [6.07, 6.45) is 1.11. The van der Waals surface area contributed by atoms with E-state index in [0.717, 1.165) is 0 Å². The summed E-state index contributed by atoms with van der Waals surface area (Å²) in [5.74, 6) is -2.45. The molecule has 5 heteroatoms. The van der Waals surface area contributed by atoms with Gasteiger partial charge in [0.05, 0.1) is 12.0 Å². The van der Waals surface area contributed by atoms with E-state index in [4.69, 9.17) is 15.1 Å². The van der Waals surface area contributed by atoms with E-state index in [-0.39, 0.29) is 17.6 Å². The van der Waals surface area contributed by atoms with Crippen LogP contribution < -0.4 is 0 Å². The van der Waals surface area contributed by atoms with Gasteiger partial charge in [0.25, 0.3) is 0 Å². The van der Waals surface area contributed by atoms with E-state index in [9.17, 15) is 9.59 Å². The highest BCUT2D eigenvalue weighted by atomic mass is 16.5. The summed E-state index contributed by atoms with van der Waals surface area (Å²) < 4.78 is 4.92. The van der Waals surface area contributed by atoms with Crippen LogP contribution in [-0.4, -0.2) is 23.1 Å². The zero-order valence-electron chi connectivity index (χ0n) is 10.9. The lowest BCUT2D eigenvalue weighted by Gasteiger charge is -2.06. The van der Waals surface area contributed by atoms with Crippen LogP contribution in [0.3, 0.4) is 0 Å². The van der Waals surface area contributed by atoms with Crippen molar-refractivity contribution in [3.05, 3.63) is 11.6 Å². The van der Waals surface area contributed by atoms with Crippen LogP contribution in [0.25, 0.3) is 0 Å². The lowest BCUT2D eigenvalue weighted by molar-refractivity contribution is -0.142. The number of esters is 1. The van der Waals surface area contributed by atoms with Crippen molar-refractivity contribution in [1.29, 1.82) is 5.26 Å². The molecule has 0 radical (unpaired) electrons. The van der Waals surface area contributed by atoms with Crippen LogP contribution in [0.5, 0.6) is 0 Å². The third-order valence-electron chi connectivity index (χ3n) is 3.21. The Morgan fingerprint density at radius 3 is 2.33 bits per heavy atom. The smallest absolute Gasteiger partial charge is 0.348 e. The second kappa shape index (κ2) is 4.81. The van der Waals surface area contributed by atoms with Crippen LogP contribution in [0.2, 0.25) is 0 Å². The molecule has 2 atom stereocenters. The maximum atomic E-state index is 11.6. The zero-order valence-corrected chi connectivity index (χ0v) is 10.9. The van der Waals surface area contributed by atoms with Crippen molar-refractivity contribution in [2.75, 3.05) is 0 Å². The van der Waals surface area contributed by atoms with Crippen LogP contribution in [0, 0.1) is 28.6 Å². The average Bonchev–Trinajstić information content (AvgIpc) is 2.75. The molecule has 1 saturated carbocycles. The Morgan fingerprint density at radius 2 is 2.00 bits per heavy atom. The van der Waals surface area contributed by atoms with Gasteiger partial charge in [-0.2, -0.15) is 5.26 Å². The van der Waals surface area contributed by atoms with Crippen LogP contribution in [-0.2, 0) is 14.3 Å². The molecule has 1 N–H and O–H groups in total. The van der Waals surface area contributed by atoms with Crippen LogP contribution in [0.4, 0.5) is 0 Å². The molecule has 1 aliphatic rings. The van der Waals surface area contributed by atoms with E-state index in [2.05, 4.69) is 0 Å². The lowest BCUT2D eigenvalue weighted by Crippen LogP contribution is -2.13. The summed E-state index contributed by atoms with van der Waals surface area (Å²) in [6.45, 7) is 6.98. The van der Waals surface area contributed by atoms with Gasteiger partial charge in [0.15, 0.2) is 0 Å². The van der Waals surface area contributed by atoms with E-state index >= 15 is 0 Å². The zero-order chi connectivity index (χ0) is 14.1. The van der Waals surface area contributed by atoms with Gasteiger partial charge in [-0.3, -0.25) is 4.79 Å². The highest BCUT2D eigenvalue weighted by Crippen LogP contribution is 2.59. The van der Waals surface area contributed by atoms with Gasteiger partial charge in [-0.15, -0.1) is 0 Å². The Kier molecular flexibility index (Phi) is 3.80. The monoisotopic (exact) mass is 251 g/mol. The van der Waals surface area contributed by atoms with Gasteiger partial charge in [0, 0.05) is 0 Å². The van der Waals surface area contributed by atoms with Crippen molar-refractivity contribution < 1.29 is 19.4 Å². The Bertz CT molecular complexity index is 442. The normalized spacial score (nSPS) is 25.4. The number of ether oxygens (including phenoxy) is 1.